The van der Waals surface area contributed by atoms with E-state index in [0.29, 0.717) is 17.3 Å². The van der Waals surface area contributed by atoms with Crippen LogP contribution in [0.3, 0.4) is 0 Å². The van der Waals surface area contributed by atoms with E-state index < -0.39 is 10.5 Å². The van der Waals surface area contributed by atoms with E-state index in [-0.39, 0.29) is 18.1 Å². The summed E-state index contributed by atoms with van der Waals surface area (Å²) in [5, 5.41) is 14.8. The average Bonchev–Trinajstić information content (AvgIpc) is 3.14. The van der Waals surface area contributed by atoms with Gasteiger partial charge in [-0.05, 0) is 32.9 Å². The highest BCUT2D eigenvalue weighted by molar-refractivity contribution is 5.94. The molecule has 0 radical (unpaired) electrons. The zero-order chi connectivity index (χ0) is 20.3. The highest BCUT2D eigenvalue weighted by Crippen LogP contribution is 2.23. The lowest BCUT2D eigenvalue weighted by Gasteiger charge is -2.34. The maximum Gasteiger partial charge on any atom is 0.269 e. The van der Waals surface area contributed by atoms with Crippen molar-refractivity contribution in [3.8, 4) is 11.4 Å². The fourth-order valence-electron chi connectivity index (χ4n) is 2.65. The first-order chi connectivity index (χ1) is 13.3. The predicted octanol–water partition coefficient (Wildman–Crippen LogP) is 4.09. The minimum Gasteiger partial charge on any atom is -0.337 e. The summed E-state index contributed by atoms with van der Waals surface area (Å²) in [4.78, 5) is 29.3. The Bertz CT molecular complexity index is 975. The van der Waals surface area contributed by atoms with Gasteiger partial charge in [-0.25, -0.2) is 0 Å². The molecule has 3 aromatic rings. The van der Waals surface area contributed by atoms with Gasteiger partial charge in [0.25, 0.3) is 11.6 Å². The fraction of sp³-hybridized carbons (Fsp3) is 0.250. The van der Waals surface area contributed by atoms with Crippen molar-refractivity contribution in [2.75, 3.05) is 0 Å². The number of aromatic nitrogens is 2. The summed E-state index contributed by atoms with van der Waals surface area (Å²) >= 11 is 0. The highest BCUT2D eigenvalue weighted by atomic mass is 16.6. The summed E-state index contributed by atoms with van der Waals surface area (Å²) in [5.74, 6) is 0.484. The van der Waals surface area contributed by atoms with Crippen molar-refractivity contribution in [1.29, 1.82) is 0 Å². The van der Waals surface area contributed by atoms with Crippen molar-refractivity contribution >= 4 is 11.6 Å². The third kappa shape index (κ3) is 4.22. The average molecular weight is 380 g/mol. The van der Waals surface area contributed by atoms with Crippen LogP contribution in [0.1, 0.15) is 37.0 Å². The van der Waals surface area contributed by atoms with Gasteiger partial charge in [0, 0.05) is 28.8 Å². The van der Waals surface area contributed by atoms with Crippen molar-refractivity contribution in [2.24, 2.45) is 0 Å². The third-order valence-electron chi connectivity index (χ3n) is 4.17. The molecular formula is C20H20N4O4. The second-order valence-corrected chi connectivity index (χ2v) is 7.24. The number of carbonyl (C=O) groups is 1. The number of rotatable bonds is 5. The van der Waals surface area contributed by atoms with E-state index in [4.69, 9.17) is 4.52 Å². The van der Waals surface area contributed by atoms with Gasteiger partial charge in [-0.2, -0.15) is 4.98 Å². The lowest BCUT2D eigenvalue weighted by atomic mass is 10.0. The smallest absolute Gasteiger partial charge is 0.269 e. The molecule has 3 rings (SSSR count). The third-order valence-corrected chi connectivity index (χ3v) is 4.17. The number of nitrogens with zero attached hydrogens (tertiary/aromatic N) is 4. The molecule has 144 valence electrons. The van der Waals surface area contributed by atoms with Gasteiger partial charge >= 0.3 is 0 Å². The standard InChI is InChI=1S/C20H20N4O4/c1-20(2,3)23(19(25)15-9-11-16(12-10-15)24(26)27)13-17-21-18(22-28-17)14-7-5-4-6-8-14/h4-12H,13H2,1-3H3. The number of hydrogen-bond acceptors (Lipinski definition) is 6. The Balaban J connectivity index is 1.84. The van der Waals surface area contributed by atoms with Gasteiger partial charge in [-0.3, -0.25) is 14.9 Å². The van der Waals surface area contributed by atoms with Gasteiger partial charge < -0.3 is 9.42 Å². The highest BCUT2D eigenvalue weighted by Gasteiger charge is 2.29. The Labute approximate surface area is 161 Å². The van der Waals surface area contributed by atoms with Crippen molar-refractivity contribution < 1.29 is 14.2 Å². The molecule has 2 aromatic carbocycles. The Morgan fingerprint density at radius 1 is 1.11 bits per heavy atom. The van der Waals surface area contributed by atoms with Crippen LogP contribution in [0.25, 0.3) is 11.4 Å². The second kappa shape index (κ2) is 7.59. The topological polar surface area (TPSA) is 102 Å². The van der Waals surface area contributed by atoms with Crippen LogP contribution in [0.15, 0.2) is 59.1 Å². The zero-order valence-corrected chi connectivity index (χ0v) is 15.8. The summed E-state index contributed by atoms with van der Waals surface area (Å²) in [6.07, 6.45) is 0. The summed E-state index contributed by atoms with van der Waals surface area (Å²) < 4.78 is 5.34. The lowest BCUT2D eigenvalue weighted by molar-refractivity contribution is -0.384. The Kier molecular flexibility index (Phi) is 5.21. The molecule has 0 saturated heterocycles. The number of hydrogen-bond donors (Lipinski definition) is 0. The number of benzene rings is 2. The molecule has 0 N–H and O–H groups in total. The molecule has 8 heteroatoms. The summed E-state index contributed by atoms with van der Waals surface area (Å²) in [5.41, 5.74) is 0.577. The number of nitro groups is 1. The van der Waals surface area contributed by atoms with Crippen LogP contribution >= 0.6 is 0 Å². The first-order valence-corrected chi connectivity index (χ1v) is 8.70. The zero-order valence-electron chi connectivity index (χ0n) is 15.8. The first-order valence-electron chi connectivity index (χ1n) is 8.70. The van der Waals surface area contributed by atoms with Gasteiger partial charge in [-0.1, -0.05) is 35.5 Å². The van der Waals surface area contributed by atoms with Crippen LogP contribution in [-0.2, 0) is 6.54 Å². The Morgan fingerprint density at radius 3 is 2.32 bits per heavy atom. The molecule has 0 aliphatic heterocycles. The predicted molar refractivity (Wildman–Crippen MR) is 102 cm³/mol. The SMILES string of the molecule is CC(C)(C)N(Cc1nc(-c2ccccc2)no1)C(=O)c1ccc([N+](=O)[O-])cc1. The van der Waals surface area contributed by atoms with Crippen LogP contribution in [0.4, 0.5) is 5.69 Å². The molecule has 0 spiro atoms. The van der Waals surface area contributed by atoms with Crippen molar-refractivity contribution in [2.45, 2.75) is 32.9 Å². The molecule has 0 fully saturated rings. The van der Waals surface area contributed by atoms with E-state index in [1.807, 2.05) is 51.1 Å². The van der Waals surface area contributed by atoms with Crippen LogP contribution in [-0.4, -0.2) is 31.4 Å². The van der Waals surface area contributed by atoms with Gasteiger partial charge in [0.2, 0.25) is 11.7 Å². The Hall–Kier alpha value is -3.55. The summed E-state index contributed by atoms with van der Waals surface area (Å²) in [6.45, 7) is 5.81. The molecule has 0 bridgehead atoms. The molecule has 1 aromatic heterocycles. The van der Waals surface area contributed by atoms with Gasteiger partial charge in [0.05, 0.1) is 4.92 Å². The van der Waals surface area contributed by atoms with Crippen LogP contribution < -0.4 is 0 Å². The Morgan fingerprint density at radius 2 is 1.75 bits per heavy atom. The lowest BCUT2D eigenvalue weighted by Crippen LogP contribution is -2.45. The number of amides is 1. The fourth-order valence-corrected chi connectivity index (χ4v) is 2.65. The maximum absolute atomic E-state index is 13.0. The molecule has 0 aliphatic rings. The van der Waals surface area contributed by atoms with Crippen LogP contribution in [0, 0.1) is 10.1 Å². The van der Waals surface area contributed by atoms with E-state index in [2.05, 4.69) is 10.1 Å². The summed E-state index contributed by atoms with van der Waals surface area (Å²) in [6, 6.07) is 14.9. The minimum atomic E-state index is -0.528. The largest absolute Gasteiger partial charge is 0.337 e. The van der Waals surface area contributed by atoms with Gasteiger partial charge in [-0.15, -0.1) is 0 Å². The summed E-state index contributed by atoms with van der Waals surface area (Å²) in [7, 11) is 0. The van der Waals surface area contributed by atoms with E-state index >= 15 is 0 Å². The number of non-ortho nitro benzene ring substituents is 1. The van der Waals surface area contributed by atoms with Crippen molar-refractivity contribution in [1.82, 2.24) is 15.0 Å². The number of nitro benzene ring substituents is 1. The minimum absolute atomic E-state index is 0.0664. The van der Waals surface area contributed by atoms with E-state index in [9.17, 15) is 14.9 Å². The molecule has 28 heavy (non-hydrogen) atoms. The van der Waals surface area contributed by atoms with Crippen LogP contribution in [0.5, 0.6) is 0 Å². The van der Waals surface area contributed by atoms with E-state index in [1.54, 1.807) is 4.90 Å². The molecule has 0 aliphatic carbocycles. The molecule has 0 saturated carbocycles. The van der Waals surface area contributed by atoms with Gasteiger partial charge in [0.15, 0.2) is 0 Å². The van der Waals surface area contributed by atoms with E-state index in [1.165, 1.54) is 24.3 Å². The molecule has 8 nitrogen and oxygen atoms in total. The van der Waals surface area contributed by atoms with Crippen LogP contribution in [0.2, 0.25) is 0 Å². The normalized spacial score (nSPS) is 11.2. The monoisotopic (exact) mass is 380 g/mol. The van der Waals surface area contributed by atoms with Crippen molar-refractivity contribution in [3.05, 3.63) is 76.2 Å². The van der Waals surface area contributed by atoms with Crippen molar-refractivity contribution in [3.63, 3.8) is 0 Å². The maximum atomic E-state index is 13.0. The van der Waals surface area contributed by atoms with Gasteiger partial charge in [0.1, 0.15) is 6.54 Å². The molecule has 1 amide bonds. The second-order valence-electron chi connectivity index (χ2n) is 7.24. The molecule has 0 unspecified atom stereocenters. The molecule has 1 heterocycles. The van der Waals surface area contributed by atoms with E-state index in [0.717, 1.165) is 5.56 Å². The number of carbonyl (C=O) groups excluding carboxylic acids is 1. The molecule has 0 atom stereocenters. The molecular weight excluding hydrogens is 360 g/mol. The quantitative estimate of drug-likeness (QED) is 0.488. The first kappa shape index (κ1) is 19.2.